The van der Waals surface area contributed by atoms with Gasteiger partial charge in [0.1, 0.15) is 10.8 Å². The van der Waals surface area contributed by atoms with Crippen molar-refractivity contribution < 1.29 is 4.79 Å². The van der Waals surface area contributed by atoms with E-state index in [1.807, 2.05) is 18.5 Å². The molecule has 1 aliphatic heterocycles. The molecule has 0 saturated carbocycles. The van der Waals surface area contributed by atoms with Crippen LogP contribution in [0.4, 0.5) is 0 Å². The number of likely N-dealkylation sites (tertiary alicyclic amines) is 1. The molecule has 1 fully saturated rings. The normalized spacial score (nSPS) is 29.3. The number of ketones is 1. The minimum absolute atomic E-state index is 0.149. The van der Waals surface area contributed by atoms with Crippen LogP contribution in [0.2, 0.25) is 0 Å². The molecule has 3 atom stereocenters. The minimum atomic E-state index is 0.149. The molecule has 0 aliphatic carbocycles. The molecule has 0 spiro atoms. The fourth-order valence-corrected chi connectivity index (χ4v) is 3.07. The summed E-state index contributed by atoms with van der Waals surface area (Å²) in [5.74, 6) is 0.547. The van der Waals surface area contributed by atoms with Gasteiger partial charge in [0.15, 0.2) is 0 Å². The summed E-state index contributed by atoms with van der Waals surface area (Å²) in [5.41, 5.74) is 0. The van der Waals surface area contributed by atoms with Crippen molar-refractivity contribution >= 4 is 17.1 Å². The Hall–Kier alpha value is -0.740. The van der Waals surface area contributed by atoms with Gasteiger partial charge < -0.3 is 0 Å². The number of nitrogens with zero attached hydrogens (tertiary/aromatic N) is 2. The maximum Gasteiger partial charge on any atom is 0.138 e. The zero-order valence-corrected chi connectivity index (χ0v) is 10.8. The average Bonchev–Trinajstić information content (AvgIpc) is 2.79. The number of carbonyl (C=O) groups is 1. The molecule has 4 heteroatoms. The predicted octanol–water partition coefficient (Wildman–Crippen LogP) is 2.50. The lowest BCUT2D eigenvalue weighted by Gasteiger charge is -2.40. The maximum absolute atomic E-state index is 11.6. The van der Waals surface area contributed by atoms with E-state index in [1.54, 1.807) is 11.3 Å². The number of hydrogen-bond acceptors (Lipinski definition) is 4. The number of rotatable bonds is 2. The minimum Gasteiger partial charge on any atom is -0.299 e. The second-order valence-corrected chi connectivity index (χ2v) is 5.46. The summed E-state index contributed by atoms with van der Waals surface area (Å²) >= 11 is 1.69. The van der Waals surface area contributed by atoms with Gasteiger partial charge in [0.05, 0.1) is 6.04 Å². The van der Waals surface area contributed by atoms with Crippen molar-refractivity contribution in [2.45, 2.75) is 39.3 Å². The second kappa shape index (κ2) is 4.63. The van der Waals surface area contributed by atoms with Gasteiger partial charge in [-0.2, -0.15) is 0 Å². The summed E-state index contributed by atoms with van der Waals surface area (Å²) in [6, 6.07) is 0.644. The van der Waals surface area contributed by atoms with Gasteiger partial charge in [0.25, 0.3) is 0 Å². The Morgan fingerprint density at radius 1 is 1.56 bits per heavy atom. The molecule has 0 radical (unpaired) electrons. The van der Waals surface area contributed by atoms with Crippen molar-refractivity contribution in [3.05, 3.63) is 16.6 Å². The maximum atomic E-state index is 11.6. The van der Waals surface area contributed by atoms with Gasteiger partial charge in [-0.1, -0.05) is 6.92 Å². The molecule has 2 rings (SSSR count). The summed E-state index contributed by atoms with van der Waals surface area (Å²) in [5, 5.41) is 3.16. The number of Topliss-reactive ketones (excluding diaryl/α,β-unsaturated/α-hetero) is 1. The molecule has 0 bridgehead atoms. The Kier molecular flexibility index (Phi) is 3.40. The van der Waals surface area contributed by atoms with Crippen molar-refractivity contribution in [3.63, 3.8) is 0 Å². The molecule has 88 valence electrons. The van der Waals surface area contributed by atoms with Crippen LogP contribution in [0.5, 0.6) is 0 Å². The zero-order valence-electron chi connectivity index (χ0n) is 10.0. The second-order valence-electron chi connectivity index (χ2n) is 4.53. The molecular formula is C12H18N2OS. The Bertz CT molecular complexity index is 363. The van der Waals surface area contributed by atoms with Crippen molar-refractivity contribution in [2.75, 3.05) is 6.54 Å². The Balaban J connectivity index is 2.13. The van der Waals surface area contributed by atoms with Crippen molar-refractivity contribution in [1.82, 2.24) is 9.88 Å². The van der Waals surface area contributed by atoms with E-state index in [4.69, 9.17) is 0 Å². The lowest BCUT2D eigenvalue weighted by Crippen LogP contribution is -2.47. The smallest absolute Gasteiger partial charge is 0.138 e. The highest BCUT2D eigenvalue weighted by Gasteiger charge is 2.34. The third-order valence-corrected chi connectivity index (χ3v) is 4.62. The molecule has 16 heavy (non-hydrogen) atoms. The lowest BCUT2D eigenvalue weighted by atomic mass is 9.90. The first-order chi connectivity index (χ1) is 7.61. The molecule has 1 aromatic heterocycles. The summed E-state index contributed by atoms with van der Waals surface area (Å²) < 4.78 is 0. The quantitative estimate of drug-likeness (QED) is 0.793. The Morgan fingerprint density at radius 3 is 2.94 bits per heavy atom. The van der Waals surface area contributed by atoms with E-state index in [-0.39, 0.29) is 5.92 Å². The van der Waals surface area contributed by atoms with Crippen LogP contribution < -0.4 is 0 Å². The summed E-state index contributed by atoms with van der Waals surface area (Å²) in [6.45, 7) is 7.22. The van der Waals surface area contributed by atoms with Crippen LogP contribution in [-0.4, -0.2) is 28.3 Å². The van der Waals surface area contributed by atoms with Gasteiger partial charge in [0, 0.05) is 36.5 Å². The van der Waals surface area contributed by atoms with Gasteiger partial charge in [0.2, 0.25) is 0 Å². The molecule has 2 heterocycles. The van der Waals surface area contributed by atoms with Crippen LogP contribution in [0.25, 0.3) is 0 Å². The highest BCUT2D eigenvalue weighted by molar-refractivity contribution is 7.09. The first-order valence-electron chi connectivity index (χ1n) is 5.79. The highest BCUT2D eigenvalue weighted by Crippen LogP contribution is 2.30. The third-order valence-electron chi connectivity index (χ3n) is 3.68. The van der Waals surface area contributed by atoms with Crippen LogP contribution in [0, 0.1) is 5.92 Å². The first-order valence-corrected chi connectivity index (χ1v) is 6.67. The average molecular weight is 238 g/mol. The largest absolute Gasteiger partial charge is 0.299 e. The number of thiazole rings is 1. The fourth-order valence-electron chi connectivity index (χ4n) is 2.36. The van der Waals surface area contributed by atoms with Gasteiger partial charge >= 0.3 is 0 Å². The monoisotopic (exact) mass is 238 g/mol. The summed E-state index contributed by atoms with van der Waals surface area (Å²) in [7, 11) is 0. The van der Waals surface area contributed by atoms with Crippen LogP contribution in [-0.2, 0) is 4.79 Å². The molecule has 3 unspecified atom stereocenters. The van der Waals surface area contributed by atoms with E-state index in [0.29, 0.717) is 24.3 Å². The van der Waals surface area contributed by atoms with E-state index in [0.717, 1.165) is 11.6 Å². The van der Waals surface area contributed by atoms with Crippen LogP contribution in [0.3, 0.4) is 0 Å². The van der Waals surface area contributed by atoms with E-state index < -0.39 is 0 Å². The number of piperidine rings is 1. The number of hydrogen-bond donors (Lipinski definition) is 0. The van der Waals surface area contributed by atoms with Crippen molar-refractivity contribution in [1.29, 1.82) is 0 Å². The Labute approximate surface area is 100 Å². The Morgan fingerprint density at radius 2 is 2.31 bits per heavy atom. The lowest BCUT2D eigenvalue weighted by molar-refractivity contribution is -0.128. The van der Waals surface area contributed by atoms with E-state index in [9.17, 15) is 4.79 Å². The predicted molar refractivity (Wildman–Crippen MR) is 65.5 cm³/mol. The van der Waals surface area contributed by atoms with Gasteiger partial charge in [-0.05, 0) is 13.8 Å². The molecule has 0 amide bonds. The molecule has 0 aromatic carbocycles. The van der Waals surface area contributed by atoms with Crippen LogP contribution in [0.15, 0.2) is 11.6 Å². The van der Waals surface area contributed by atoms with Gasteiger partial charge in [-0.25, -0.2) is 4.98 Å². The molecule has 3 nitrogen and oxygen atoms in total. The van der Waals surface area contributed by atoms with Crippen molar-refractivity contribution in [3.8, 4) is 0 Å². The standard InChI is InChI=1S/C12H18N2OS/c1-8-9(2)14(6-4-11(8)15)10(3)12-13-5-7-16-12/h5,7-10H,4,6H2,1-3H3. The zero-order chi connectivity index (χ0) is 11.7. The van der Waals surface area contributed by atoms with Crippen molar-refractivity contribution in [2.24, 2.45) is 5.92 Å². The SMILES string of the molecule is CC1C(=O)CCN(C(C)c2nccs2)C1C. The molecule has 1 saturated heterocycles. The van der Waals surface area contributed by atoms with Crippen LogP contribution >= 0.6 is 11.3 Å². The molecule has 1 aromatic rings. The molecule has 1 aliphatic rings. The first kappa shape index (κ1) is 11.7. The molecular weight excluding hydrogens is 220 g/mol. The van der Waals surface area contributed by atoms with Gasteiger partial charge in [-0.3, -0.25) is 9.69 Å². The fraction of sp³-hybridized carbons (Fsp3) is 0.667. The van der Waals surface area contributed by atoms with E-state index >= 15 is 0 Å². The van der Waals surface area contributed by atoms with E-state index in [1.165, 1.54) is 0 Å². The third kappa shape index (κ3) is 2.04. The van der Waals surface area contributed by atoms with E-state index in [2.05, 4.69) is 23.7 Å². The summed E-state index contributed by atoms with van der Waals surface area (Å²) in [6.07, 6.45) is 2.53. The summed E-state index contributed by atoms with van der Waals surface area (Å²) in [4.78, 5) is 18.4. The topological polar surface area (TPSA) is 33.2 Å². The highest BCUT2D eigenvalue weighted by atomic mass is 32.1. The number of carbonyl (C=O) groups excluding carboxylic acids is 1. The van der Waals surface area contributed by atoms with Gasteiger partial charge in [-0.15, -0.1) is 11.3 Å². The number of aromatic nitrogens is 1. The molecule has 0 N–H and O–H groups in total. The van der Waals surface area contributed by atoms with Crippen LogP contribution in [0.1, 0.15) is 38.2 Å².